The van der Waals surface area contributed by atoms with E-state index in [0.29, 0.717) is 6.54 Å². The van der Waals surface area contributed by atoms with Crippen LogP contribution in [0.4, 0.5) is 11.4 Å². The first-order valence-corrected chi connectivity index (χ1v) is 5.54. The summed E-state index contributed by atoms with van der Waals surface area (Å²) >= 11 is 5.85. The third-order valence-corrected chi connectivity index (χ3v) is 2.71. The molecule has 0 saturated heterocycles. The fraction of sp³-hybridized carbons (Fsp3) is 0.455. The van der Waals surface area contributed by atoms with E-state index in [0.717, 1.165) is 11.3 Å². The predicted molar refractivity (Wildman–Crippen MR) is 67.8 cm³/mol. The second-order valence-corrected chi connectivity index (χ2v) is 4.48. The maximum atomic E-state index is 10.7. The van der Waals surface area contributed by atoms with E-state index in [1.165, 1.54) is 6.07 Å². The topological polar surface area (TPSA) is 66.6 Å². The second-order valence-electron chi connectivity index (χ2n) is 4.08. The summed E-state index contributed by atoms with van der Waals surface area (Å²) in [6.07, 6.45) is -0.478. The number of aliphatic hydroxyl groups excluding tert-OH is 1. The third kappa shape index (κ3) is 3.31. The van der Waals surface area contributed by atoms with Gasteiger partial charge in [0, 0.05) is 25.3 Å². The smallest absolute Gasteiger partial charge is 0.288 e. The van der Waals surface area contributed by atoms with Gasteiger partial charge in [0.15, 0.2) is 0 Å². The van der Waals surface area contributed by atoms with E-state index in [4.69, 9.17) is 11.6 Å². The number of aliphatic hydroxyl groups is 1. The molecule has 1 rings (SSSR count). The van der Waals surface area contributed by atoms with Crippen LogP contribution in [-0.4, -0.2) is 29.7 Å². The average Bonchev–Trinajstić information content (AvgIpc) is 2.19. The molecule has 0 aromatic heterocycles. The quantitative estimate of drug-likeness (QED) is 0.665. The standard InChI is InChI=1S/C11H15ClN2O3/c1-7-4-11(14(16)17)9(12)5-10(7)13(3)6-8(2)15/h4-5,8,15H,6H2,1-3H3. The Morgan fingerprint density at radius 1 is 1.59 bits per heavy atom. The molecule has 6 heteroatoms. The number of anilines is 1. The van der Waals surface area contributed by atoms with Crippen molar-refractivity contribution in [2.24, 2.45) is 0 Å². The van der Waals surface area contributed by atoms with Crippen LogP contribution in [0.1, 0.15) is 12.5 Å². The molecule has 5 nitrogen and oxygen atoms in total. The molecule has 0 spiro atoms. The minimum atomic E-state index is -0.506. The summed E-state index contributed by atoms with van der Waals surface area (Å²) < 4.78 is 0. The lowest BCUT2D eigenvalue weighted by atomic mass is 10.1. The average molecular weight is 259 g/mol. The molecule has 0 bridgehead atoms. The van der Waals surface area contributed by atoms with Crippen molar-refractivity contribution in [3.05, 3.63) is 32.8 Å². The van der Waals surface area contributed by atoms with Crippen molar-refractivity contribution in [1.29, 1.82) is 0 Å². The molecule has 17 heavy (non-hydrogen) atoms. The number of nitro benzene ring substituents is 1. The van der Waals surface area contributed by atoms with Gasteiger partial charge in [0.05, 0.1) is 11.0 Å². The van der Waals surface area contributed by atoms with Crippen molar-refractivity contribution in [2.75, 3.05) is 18.5 Å². The van der Waals surface area contributed by atoms with Crippen LogP contribution in [0.5, 0.6) is 0 Å². The number of hydrogen-bond donors (Lipinski definition) is 1. The molecule has 1 unspecified atom stereocenters. The molecule has 0 aliphatic carbocycles. The molecule has 0 saturated carbocycles. The fourth-order valence-electron chi connectivity index (χ4n) is 1.70. The first-order chi connectivity index (χ1) is 7.82. The normalized spacial score (nSPS) is 12.3. The van der Waals surface area contributed by atoms with Crippen LogP contribution in [0.25, 0.3) is 0 Å². The molecule has 1 aromatic carbocycles. The van der Waals surface area contributed by atoms with Crippen molar-refractivity contribution in [3.63, 3.8) is 0 Å². The van der Waals surface area contributed by atoms with Gasteiger partial charge < -0.3 is 10.0 Å². The Bertz CT molecular complexity index is 435. The summed E-state index contributed by atoms with van der Waals surface area (Å²) in [6, 6.07) is 2.99. The maximum absolute atomic E-state index is 10.7. The van der Waals surface area contributed by atoms with Gasteiger partial charge in [0.2, 0.25) is 0 Å². The zero-order valence-electron chi connectivity index (χ0n) is 9.98. The highest BCUT2D eigenvalue weighted by molar-refractivity contribution is 6.33. The van der Waals surface area contributed by atoms with Crippen molar-refractivity contribution in [1.82, 2.24) is 0 Å². The molecular formula is C11H15ClN2O3. The van der Waals surface area contributed by atoms with Gasteiger partial charge >= 0.3 is 0 Å². The van der Waals surface area contributed by atoms with Crippen molar-refractivity contribution in [2.45, 2.75) is 20.0 Å². The Balaban J connectivity index is 3.11. The minimum Gasteiger partial charge on any atom is -0.392 e. The summed E-state index contributed by atoms with van der Waals surface area (Å²) in [6.45, 7) is 3.89. The van der Waals surface area contributed by atoms with Crippen LogP contribution in [-0.2, 0) is 0 Å². The molecule has 0 heterocycles. The van der Waals surface area contributed by atoms with Gasteiger partial charge in [0.1, 0.15) is 5.02 Å². The van der Waals surface area contributed by atoms with E-state index in [1.807, 2.05) is 4.90 Å². The van der Waals surface area contributed by atoms with Crippen molar-refractivity contribution >= 4 is 23.0 Å². The van der Waals surface area contributed by atoms with Crippen molar-refractivity contribution in [3.8, 4) is 0 Å². The molecule has 1 aromatic rings. The Kier molecular flexibility index (Phi) is 4.31. The summed E-state index contributed by atoms with van der Waals surface area (Å²) in [7, 11) is 1.80. The van der Waals surface area contributed by atoms with Crippen LogP contribution in [0.2, 0.25) is 5.02 Å². The molecule has 0 amide bonds. The number of nitro groups is 1. The van der Waals surface area contributed by atoms with Gasteiger partial charge in [-0.2, -0.15) is 0 Å². The van der Waals surface area contributed by atoms with Gasteiger partial charge in [-0.05, 0) is 25.5 Å². The largest absolute Gasteiger partial charge is 0.392 e. The number of benzene rings is 1. The highest BCUT2D eigenvalue weighted by Gasteiger charge is 2.17. The fourth-order valence-corrected chi connectivity index (χ4v) is 1.93. The van der Waals surface area contributed by atoms with E-state index in [1.54, 1.807) is 27.0 Å². The first kappa shape index (κ1) is 13.7. The SMILES string of the molecule is Cc1cc([N+](=O)[O-])c(Cl)cc1N(C)CC(C)O. The van der Waals surface area contributed by atoms with E-state index in [9.17, 15) is 15.2 Å². The Morgan fingerprint density at radius 3 is 2.65 bits per heavy atom. The van der Waals surface area contributed by atoms with Crippen LogP contribution in [0.3, 0.4) is 0 Å². The molecule has 0 aliphatic rings. The Hall–Kier alpha value is -1.33. The van der Waals surface area contributed by atoms with Gasteiger partial charge in [-0.25, -0.2) is 0 Å². The molecule has 94 valence electrons. The monoisotopic (exact) mass is 258 g/mol. The second kappa shape index (κ2) is 5.33. The lowest BCUT2D eigenvalue weighted by molar-refractivity contribution is -0.384. The Labute approximate surface area is 105 Å². The van der Waals surface area contributed by atoms with Crippen LogP contribution in [0, 0.1) is 17.0 Å². The highest BCUT2D eigenvalue weighted by Crippen LogP contribution is 2.32. The van der Waals surface area contributed by atoms with Crippen molar-refractivity contribution < 1.29 is 10.0 Å². The zero-order valence-corrected chi connectivity index (χ0v) is 10.7. The van der Waals surface area contributed by atoms with Gasteiger partial charge in [-0.1, -0.05) is 11.6 Å². The molecule has 0 radical (unpaired) electrons. The lowest BCUT2D eigenvalue weighted by Crippen LogP contribution is -2.27. The van der Waals surface area contributed by atoms with E-state index < -0.39 is 11.0 Å². The number of halogens is 1. The van der Waals surface area contributed by atoms with Gasteiger partial charge in [-0.3, -0.25) is 10.1 Å². The first-order valence-electron chi connectivity index (χ1n) is 5.16. The van der Waals surface area contributed by atoms with Gasteiger partial charge in [0.25, 0.3) is 5.69 Å². The maximum Gasteiger partial charge on any atom is 0.288 e. The summed E-state index contributed by atoms with van der Waals surface area (Å²) in [4.78, 5) is 12.0. The summed E-state index contributed by atoms with van der Waals surface area (Å²) in [5.41, 5.74) is 1.43. The highest BCUT2D eigenvalue weighted by atomic mass is 35.5. The lowest BCUT2D eigenvalue weighted by Gasteiger charge is -2.23. The van der Waals surface area contributed by atoms with Crippen LogP contribution in [0.15, 0.2) is 12.1 Å². The predicted octanol–water partition coefficient (Wildman–Crippen LogP) is 2.37. The van der Waals surface area contributed by atoms with E-state index in [-0.39, 0.29) is 10.7 Å². The van der Waals surface area contributed by atoms with Gasteiger partial charge in [-0.15, -0.1) is 0 Å². The zero-order chi connectivity index (χ0) is 13.2. The number of hydrogen-bond acceptors (Lipinski definition) is 4. The molecule has 1 atom stereocenters. The molecule has 1 N–H and O–H groups in total. The van der Waals surface area contributed by atoms with E-state index in [2.05, 4.69) is 0 Å². The number of aryl methyl sites for hydroxylation is 1. The molecule has 0 fully saturated rings. The summed E-state index contributed by atoms with van der Waals surface area (Å²) in [5, 5.41) is 20.1. The molecular weight excluding hydrogens is 244 g/mol. The Morgan fingerprint density at radius 2 is 2.18 bits per heavy atom. The number of likely N-dealkylation sites (N-methyl/N-ethyl adjacent to an activating group) is 1. The van der Waals surface area contributed by atoms with E-state index >= 15 is 0 Å². The number of nitrogens with zero attached hydrogens (tertiary/aromatic N) is 2. The molecule has 0 aliphatic heterocycles. The van der Waals surface area contributed by atoms with Crippen LogP contribution >= 0.6 is 11.6 Å². The summed E-state index contributed by atoms with van der Waals surface area (Å²) in [5.74, 6) is 0. The minimum absolute atomic E-state index is 0.0987. The van der Waals surface area contributed by atoms with Crippen LogP contribution < -0.4 is 4.90 Å². The number of rotatable bonds is 4. The third-order valence-electron chi connectivity index (χ3n) is 2.41.